The fraction of sp³-hybridized carbons (Fsp3) is 0.222. The maximum absolute atomic E-state index is 12.7. The Morgan fingerprint density at radius 1 is 1.22 bits per heavy atom. The molecule has 2 amide bonds. The van der Waals surface area contributed by atoms with Crippen LogP contribution in [-0.4, -0.2) is 11.8 Å². The van der Waals surface area contributed by atoms with Crippen molar-refractivity contribution in [1.29, 1.82) is 0 Å². The maximum atomic E-state index is 12.7. The highest BCUT2D eigenvalue weighted by Crippen LogP contribution is 2.38. The molecule has 1 N–H and O–H groups in total. The van der Waals surface area contributed by atoms with Crippen LogP contribution >= 0.6 is 11.6 Å². The Balaban J connectivity index is 1.96. The number of anilines is 1. The molecule has 0 bridgehead atoms. The van der Waals surface area contributed by atoms with Gasteiger partial charge in [-0.05, 0) is 30.7 Å². The van der Waals surface area contributed by atoms with E-state index in [9.17, 15) is 9.59 Å². The molecule has 23 heavy (non-hydrogen) atoms. The number of amides is 2. The van der Waals surface area contributed by atoms with E-state index >= 15 is 0 Å². The van der Waals surface area contributed by atoms with E-state index in [4.69, 9.17) is 11.6 Å². The molecule has 2 aromatic carbocycles. The predicted octanol–water partition coefficient (Wildman–Crippen LogP) is 3.37. The Kier molecular flexibility index (Phi) is 4.09. The average Bonchev–Trinajstić information content (AvgIpc) is 2.74. The molecule has 2 aromatic rings. The number of aryl methyl sites for hydroxylation is 1. The van der Waals surface area contributed by atoms with Gasteiger partial charge in [-0.25, -0.2) is 0 Å². The van der Waals surface area contributed by atoms with Crippen LogP contribution in [0.3, 0.4) is 0 Å². The van der Waals surface area contributed by atoms with Crippen LogP contribution in [-0.2, 0) is 16.1 Å². The summed E-state index contributed by atoms with van der Waals surface area (Å²) in [5, 5.41) is 3.26. The normalized spacial score (nSPS) is 16.4. The van der Waals surface area contributed by atoms with Gasteiger partial charge in [0.1, 0.15) is 6.04 Å². The summed E-state index contributed by atoms with van der Waals surface area (Å²) in [4.78, 5) is 25.9. The van der Waals surface area contributed by atoms with Crippen LogP contribution < -0.4 is 10.2 Å². The van der Waals surface area contributed by atoms with Gasteiger partial charge in [-0.2, -0.15) is 0 Å². The largest absolute Gasteiger partial charge is 0.341 e. The number of carbonyl (C=O) groups is 2. The zero-order valence-corrected chi connectivity index (χ0v) is 13.7. The van der Waals surface area contributed by atoms with E-state index in [2.05, 4.69) is 5.32 Å². The van der Waals surface area contributed by atoms with Crippen molar-refractivity contribution in [2.45, 2.75) is 26.4 Å². The highest BCUT2D eigenvalue weighted by molar-refractivity contribution is 6.31. The molecular formula is C18H17ClN2O2. The molecule has 0 saturated heterocycles. The molecule has 0 fully saturated rings. The lowest BCUT2D eigenvalue weighted by molar-refractivity contribution is -0.126. The van der Waals surface area contributed by atoms with Crippen molar-refractivity contribution < 1.29 is 9.59 Å². The highest BCUT2D eigenvalue weighted by Gasteiger charge is 2.37. The second-order valence-electron chi connectivity index (χ2n) is 5.75. The van der Waals surface area contributed by atoms with Crippen LogP contribution in [0.2, 0.25) is 5.02 Å². The van der Waals surface area contributed by atoms with Gasteiger partial charge >= 0.3 is 0 Å². The third kappa shape index (κ3) is 3.08. The van der Waals surface area contributed by atoms with Crippen LogP contribution in [0.1, 0.15) is 29.7 Å². The molecule has 0 spiro atoms. The Labute approximate surface area is 140 Å². The van der Waals surface area contributed by atoms with Gasteiger partial charge in [-0.15, -0.1) is 0 Å². The Morgan fingerprint density at radius 3 is 2.57 bits per heavy atom. The van der Waals surface area contributed by atoms with Crippen LogP contribution in [0.25, 0.3) is 0 Å². The van der Waals surface area contributed by atoms with Gasteiger partial charge in [0.05, 0.1) is 6.54 Å². The molecule has 1 aliphatic heterocycles. The molecule has 0 saturated carbocycles. The number of rotatable bonds is 3. The molecule has 1 aliphatic rings. The third-order valence-electron chi connectivity index (χ3n) is 3.91. The lowest BCUT2D eigenvalue weighted by Crippen LogP contribution is -2.36. The number of halogens is 1. The summed E-state index contributed by atoms with van der Waals surface area (Å²) in [6, 6.07) is 12.7. The quantitative estimate of drug-likeness (QED) is 0.939. The first-order valence-corrected chi connectivity index (χ1v) is 7.77. The number of nitrogens with one attached hydrogen (secondary N) is 1. The molecule has 4 nitrogen and oxygen atoms in total. The summed E-state index contributed by atoms with van der Waals surface area (Å²) >= 11 is 6.06. The van der Waals surface area contributed by atoms with E-state index in [1.165, 1.54) is 12.5 Å². The van der Waals surface area contributed by atoms with E-state index in [0.29, 0.717) is 11.6 Å². The predicted molar refractivity (Wildman–Crippen MR) is 90.4 cm³/mol. The fourth-order valence-electron chi connectivity index (χ4n) is 2.79. The number of hydrogen-bond donors (Lipinski definition) is 1. The van der Waals surface area contributed by atoms with E-state index in [1.54, 1.807) is 17.0 Å². The van der Waals surface area contributed by atoms with Crippen molar-refractivity contribution >= 4 is 29.1 Å². The summed E-state index contributed by atoms with van der Waals surface area (Å²) in [6.07, 6.45) is 0. The van der Waals surface area contributed by atoms with Crippen molar-refractivity contribution in [3.8, 4) is 0 Å². The second-order valence-corrected chi connectivity index (χ2v) is 6.18. The van der Waals surface area contributed by atoms with Gasteiger partial charge in [-0.3, -0.25) is 9.59 Å². The SMILES string of the molecule is CC(=O)N[C@@H]1C(=O)N(Cc2ccc(C)cc2)c2ccc(Cl)cc21. The zero-order valence-electron chi connectivity index (χ0n) is 13.0. The zero-order chi connectivity index (χ0) is 16.6. The van der Waals surface area contributed by atoms with E-state index < -0.39 is 6.04 Å². The molecule has 0 unspecified atom stereocenters. The first-order valence-electron chi connectivity index (χ1n) is 7.39. The molecule has 0 aliphatic carbocycles. The fourth-order valence-corrected chi connectivity index (χ4v) is 2.97. The third-order valence-corrected chi connectivity index (χ3v) is 4.15. The molecule has 0 aromatic heterocycles. The maximum Gasteiger partial charge on any atom is 0.254 e. The average molecular weight is 329 g/mol. The molecule has 0 radical (unpaired) electrons. The van der Waals surface area contributed by atoms with Crippen LogP contribution in [0, 0.1) is 6.92 Å². The Bertz CT molecular complexity index is 771. The van der Waals surface area contributed by atoms with Crippen molar-refractivity contribution in [2.24, 2.45) is 0 Å². The lowest BCUT2D eigenvalue weighted by atomic mass is 10.1. The first kappa shape index (κ1) is 15.6. The number of nitrogens with zero attached hydrogens (tertiary/aromatic N) is 1. The molecule has 118 valence electrons. The van der Waals surface area contributed by atoms with Crippen molar-refractivity contribution in [2.75, 3.05) is 4.90 Å². The van der Waals surface area contributed by atoms with Gasteiger partial charge in [0, 0.05) is 23.2 Å². The van der Waals surface area contributed by atoms with Crippen molar-refractivity contribution in [3.05, 3.63) is 64.2 Å². The van der Waals surface area contributed by atoms with Crippen molar-refractivity contribution in [3.63, 3.8) is 0 Å². The smallest absolute Gasteiger partial charge is 0.254 e. The monoisotopic (exact) mass is 328 g/mol. The van der Waals surface area contributed by atoms with Gasteiger partial charge < -0.3 is 10.2 Å². The van der Waals surface area contributed by atoms with Gasteiger partial charge in [-0.1, -0.05) is 41.4 Å². The van der Waals surface area contributed by atoms with Gasteiger partial charge in [0.15, 0.2) is 0 Å². The van der Waals surface area contributed by atoms with Crippen LogP contribution in [0.4, 0.5) is 5.69 Å². The summed E-state index contributed by atoms with van der Waals surface area (Å²) in [5.74, 6) is -0.385. The highest BCUT2D eigenvalue weighted by atomic mass is 35.5. The summed E-state index contributed by atoms with van der Waals surface area (Å²) in [6.45, 7) is 3.89. The minimum absolute atomic E-state index is 0.141. The van der Waals surface area contributed by atoms with E-state index in [1.807, 2.05) is 37.3 Å². The summed E-state index contributed by atoms with van der Waals surface area (Å²) in [5.41, 5.74) is 3.74. The van der Waals surface area contributed by atoms with Gasteiger partial charge in [0.25, 0.3) is 5.91 Å². The molecule has 3 rings (SSSR count). The molecule has 1 atom stereocenters. The number of hydrogen-bond acceptors (Lipinski definition) is 2. The number of carbonyl (C=O) groups excluding carboxylic acids is 2. The van der Waals surface area contributed by atoms with Crippen LogP contribution in [0.5, 0.6) is 0 Å². The van der Waals surface area contributed by atoms with Gasteiger partial charge in [0.2, 0.25) is 5.91 Å². The first-order chi connectivity index (χ1) is 11.0. The van der Waals surface area contributed by atoms with Crippen molar-refractivity contribution in [1.82, 2.24) is 5.32 Å². The Morgan fingerprint density at radius 2 is 1.91 bits per heavy atom. The summed E-state index contributed by atoms with van der Waals surface area (Å²) < 4.78 is 0. The number of fused-ring (bicyclic) bond motifs is 1. The molecule has 1 heterocycles. The molecular weight excluding hydrogens is 312 g/mol. The lowest BCUT2D eigenvalue weighted by Gasteiger charge is -2.18. The van der Waals surface area contributed by atoms with Crippen LogP contribution in [0.15, 0.2) is 42.5 Å². The van der Waals surface area contributed by atoms with E-state index in [-0.39, 0.29) is 11.8 Å². The molecule has 5 heteroatoms. The Hall–Kier alpha value is -2.33. The minimum Gasteiger partial charge on any atom is -0.341 e. The minimum atomic E-state index is -0.674. The standard InChI is InChI=1S/C18H17ClN2O2/c1-11-3-5-13(6-4-11)10-21-16-8-7-14(19)9-15(16)17(18(21)23)20-12(2)22/h3-9,17H,10H2,1-2H3,(H,20,22)/t17-/m0/s1. The van der Waals surface area contributed by atoms with E-state index in [0.717, 1.165) is 16.8 Å². The number of benzene rings is 2. The second kappa shape index (κ2) is 6.05. The summed E-state index contributed by atoms with van der Waals surface area (Å²) in [7, 11) is 0. The topological polar surface area (TPSA) is 49.4 Å².